The summed E-state index contributed by atoms with van der Waals surface area (Å²) in [5, 5.41) is 19.1. The minimum atomic E-state index is -4.49. The molecule has 0 saturated carbocycles. The number of benzene rings is 1. The van der Waals surface area contributed by atoms with Crippen molar-refractivity contribution in [1.82, 2.24) is 20.4 Å². The fourth-order valence-electron chi connectivity index (χ4n) is 2.59. The van der Waals surface area contributed by atoms with Crippen LogP contribution in [0.1, 0.15) is 24.1 Å². The molecule has 0 amide bonds. The van der Waals surface area contributed by atoms with E-state index >= 15 is 0 Å². The molecule has 3 aromatic rings. The second-order valence-corrected chi connectivity index (χ2v) is 6.07. The number of rotatable bonds is 7. The van der Waals surface area contributed by atoms with Crippen LogP contribution in [0.15, 0.2) is 36.5 Å². The molecule has 0 aliphatic heterocycles. The van der Waals surface area contributed by atoms with E-state index in [-0.39, 0.29) is 23.7 Å². The summed E-state index contributed by atoms with van der Waals surface area (Å²) >= 11 is 0. The molecule has 0 bridgehead atoms. The minimum absolute atomic E-state index is 0.130. The Morgan fingerprint density at radius 2 is 1.90 bits per heavy atom. The third-order valence-electron chi connectivity index (χ3n) is 4.02. The summed E-state index contributed by atoms with van der Waals surface area (Å²) in [5.74, 6) is 0.393. The number of nitrogens with one attached hydrogen (secondary N) is 1. The lowest BCUT2D eigenvalue weighted by atomic mass is 10.0. The number of ether oxygens (including phenoxy) is 1. The minimum Gasteiger partial charge on any atom is -0.494 e. The van der Waals surface area contributed by atoms with Gasteiger partial charge in [-0.1, -0.05) is 5.21 Å². The lowest BCUT2D eigenvalue weighted by Crippen LogP contribution is -2.05. The highest BCUT2D eigenvalue weighted by Crippen LogP contribution is 2.33. The van der Waals surface area contributed by atoms with Gasteiger partial charge in [0, 0.05) is 17.3 Å². The van der Waals surface area contributed by atoms with E-state index in [1.54, 1.807) is 18.2 Å². The number of H-pyrrole nitrogens is 1. The average molecular weight is 405 g/mol. The molecule has 0 aliphatic rings. The molecule has 0 aliphatic carbocycles. The van der Waals surface area contributed by atoms with Gasteiger partial charge >= 0.3 is 6.18 Å². The van der Waals surface area contributed by atoms with Crippen LogP contribution < -0.4 is 4.74 Å². The van der Waals surface area contributed by atoms with Gasteiger partial charge in [0.2, 0.25) is 0 Å². The van der Waals surface area contributed by atoms with E-state index in [0.29, 0.717) is 29.7 Å². The summed E-state index contributed by atoms with van der Waals surface area (Å²) in [5.41, 5.74) is 0.790. The van der Waals surface area contributed by atoms with Gasteiger partial charge in [-0.3, -0.25) is 9.37 Å². The molecule has 0 spiro atoms. The molecule has 0 radical (unpaired) electrons. The van der Waals surface area contributed by atoms with Crippen LogP contribution in [-0.4, -0.2) is 33.7 Å². The summed E-state index contributed by atoms with van der Waals surface area (Å²) in [6, 6.07) is 8.99. The van der Waals surface area contributed by atoms with Crippen LogP contribution >= 0.6 is 0 Å². The highest BCUT2D eigenvalue weighted by molar-refractivity contribution is 5.74. The van der Waals surface area contributed by atoms with E-state index in [0.717, 1.165) is 12.3 Å². The van der Waals surface area contributed by atoms with E-state index in [2.05, 4.69) is 20.4 Å². The molecule has 0 atom stereocenters. The SMILES string of the molecule is N#Cc1[nH]nnc1-c1cc(OCCCCF)cc(-c2ccc(C(F)(F)F)cn2)c1. The Morgan fingerprint density at radius 1 is 1.10 bits per heavy atom. The smallest absolute Gasteiger partial charge is 0.417 e. The average Bonchev–Trinajstić information content (AvgIpc) is 3.19. The van der Waals surface area contributed by atoms with E-state index in [4.69, 9.17) is 4.74 Å². The molecule has 29 heavy (non-hydrogen) atoms. The van der Waals surface area contributed by atoms with Gasteiger partial charge in [-0.05, 0) is 43.2 Å². The van der Waals surface area contributed by atoms with Crippen molar-refractivity contribution < 1.29 is 22.3 Å². The Morgan fingerprint density at radius 3 is 2.55 bits per heavy atom. The maximum absolute atomic E-state index is 12.8. The number of halogens is 4. The molecular weight excluding hydrogens is 390 g/mol. The first kappa shape index (κ1) is 20.3. The van der Waals surface area contributed by atoms with Crippen molar-refractivity contribution in [3.8, 4) is 34.3 Å². The normalized spacial score (nSPS) is 11.3. The Labute approximate surface area is 163 Å². The number of hydrogen-bond donors (Lipinski definition) is 1. The lowest BCUT2D eigenvalue weighted by molar-refractivity contribution is -0.137. The third-order valence-corrected chi connectivity index (χ3v) is 4.02. The van der Waals surface area contributed by atoms with Crippen molar-refractivity contribution in [2.75, 3.05) is 13.3 Å². The Balaban J connectivity index is 1.99. The van der Waals surface area contributed by atoms with Gasteiger partial charge < -0.3 is 4.74 Å². The molecule has 1 N–H and O–H groups in total. The molecule has 2 heterocycles. The number of aromatic amines is 1. The van der Waals surface area contributed by atoms with Gasteiger partial charge in [0.1, 0.15) is 17.5 Å². The predicted molar refractivity (Wildman–Crippen MR) is 95.5 cm³/mol. The largest absolute Gasteiger partial charge is 0.494 e. The van der Waals surface area contributed by atoms with Crippen molar-refractivity contribution in [3.63, 3.8) is 0 Å². The van der Waals surface area contributed by atoms with E-state index in [1.165, 1.54) is 6.07 Å². The maximum atomic E-state index is 12.8. The zero-order chi connectivity index (χ0) is 20.9. The highest BCUT2D eigenvalue weighted by Gasteiger charge is 2.30. The first-order chi connectivity index (χ1) is 13.9. The van der Waals surface area contributed by atoms with Crippen LogP contribution in [0.4, 0.5) is 17.6 Å². The van der Waals surface area contributed by atoms with Crippen LogP contribution in [0.25, 0.3) is 22.5 Å². The van der Waals surface area contributed by atoms with Gasteiger partial charge in [-0.25, -0.2) is 5.10 Å². The monoisotopic (exact) mass is 405 g/mol. The van der Waals surface area contributed by atoms with Crippen molar-refractivity contribution in [1.29, 1.82) is 5.26 Å². The number of pyridine rings is 1. The first-order valence-corrected chi connectivity index (χ1v) is 8.61. The summed E-state index contributed by atoms with van der Waals surface area (Å²) < 4.78 is 56.3. The zero-order valence-corrected chi connectivity index (χ0v) is 15.0. The third kappa shape index (κ3) is 4.87. The molecule has 150 valence electrons. The van der Waals surface area contributed by atoms with Gasteiger partial charge in [0.15, 0.2) is 5.69 Å². The fraction of sp³-hybridized carbons (Fsp3) is 0.263. The van der Waals surface area contributed by atoms with E-state index in [9.17, 15) is 22.8 Å². The van der Waals surface area contributed by atoms with Crippen LogP contribution in [0.5, 0.6) is 5.75 Å². The number of nitriles is 1. The molecule has 2 aromatic heterocycles. The summed E-state index contributed by atoms with van der Waals surface area (Å²) in [7, 11) is 0. The van der Waals surface area contributed by atoms with E-state index < -0.39 is 18.4 Å². The second kappa shape index (κ2) is 8.68. The summed E-state index contributed by atoms with van der Waals surface area (Å²) in [6.45, 7) is -0.189. The van der Waals surface area contributed by atoms with Gasteiger partial charge in [0.05, 0.1) is 24.5 Å². The second-order valence-electron chi connectivity index (χ2n) is 6.07. The van der Waals surface area contributed by atoms with Gasteiger partial charge in [0.25, 0.3) is 0 Å². The molecule has 3 rings (SSSR count). The molecule has 1 aromatic carbocycles. The zero-order valence-electron chi connectivity index (χ0n) is 15.0. The quantitative estimate of drug-likeness (QED) is 0.460. The number of nitrogens with zero attached hydrogens (tertiary/aromatic N) is 4. The molecule has 6 nitrogen and oxygen atoms in total. The van der Waals surface area contributed by atoms with Crippen LogP contribution in [0.2, 0.25) is 0 Å². The van der Waals surface area contributed by atoms with Crippen LogP contribution in [0.3, 0.4) is 0 Å². The summed E-state index contributed by atoms with van der Waals surface area (Å²) in [4.78, 5) is 3.90. The molecule has 0 saturated heterocycles. The predicted octanol–water partition coefficient (Wildman–Crippen LogP) is 4.55. The standard InChI is InChI=1S/C19H15F4N5O/c20-5-1-2-6-29-15-8-12(16-4-3-14(11-25-16)19(21,22)23)7-13(9-15)18-17(10-24)26-28-27-18/h3-4,7-9,11H,1-2,5-6H2,(H,26,27,28). The van der Waals surface area contributed by atoms with Crippen molar-refractivity contribution >= 4 is 0 Å². The van der Waals surface area contributed by atoms with E-state index in [1.807, 2.05) is 6.07 Å². The Bertz CT molecular complexity index is 1010. The fourth-order valence-corrected chi connectivity index (χ4v) is 2.59. The maximum Gasteiger partial charge on any atom is 0.417 e. The molecular formula is C19H15F4N5O. The molecule has 0 fully saturated rings. The van der Waals surface area contributed by atoms with Gasteiger partial charge in [-0.2, -0.15) is 18.4 Å². The topological polar surface area (TPSA) is 87.5 Å². The number of hydrogen-bond acceptors (Lipinski definition) is 5. The lowest BCUT2D eigenvalue weighted by Gasteiger charge is -2.11. The number of unbranched alkanes of at least 4 members (excludes halogenated alkanes) is 1. The van der Waals surface area contributed by atoms with Crippen molar-refractivity contribution in [2.45, 2.75) is 19.0 Å². The Hall–Kier alpha value is -3.48. The molecule has 10 heteroatoms. The van der Waals surface area contributed by atoms with Crippen molar-refractivity contribution in [2.24, 2.45) is 0 Å². The summed E-state index contributed by atoms with van der Waals surface area (Å²) in [6.07, 6.45) is -2.88. The van der Waals surface area contributed by atoms with Crippen LogP contribution in [0, 0.1) is 11.3 Å². The number of aromatic nitrogens is 4. The van der Waals surface area contributed by atoms with Crippen LogP contribution in [-0.2, 0) is 6.18 Å². The highest BCUT2D eigenvalue weighted by atomic mass is 19.4. The Kier molecular flexibility index (Phi) is 6.07. The van der Waals surface area contributed by atoms with Crippen molar-refractivity contribution in [3.05, 3.63) is 47.8 Å². The van der Waals surface area contributed by atoms with Gasteiger partial charge in [-0.15, -0.1) is 5.10 Å². The molecule has 0 unspecified atom stereocenters. The first-order valence-electron chi connectivity index (χ1n) is 8.61. The number of alkyl halides is 4.